The number of nitrogens with one attached hydrogen (secondary N) is 3. The van der Waals surface area contributed by atoms with Gasteiger partial charge in [0, 0.05) is 21.3 Å². The average Bonchev–Trinajstić information content (AvgIpc) is 2.76. The zero-order chi connectivity index (χ0) is 21.5. The van der Waals surface area contributed by atoms with Gasteiger partial charge in [-0.05, 0) is 53.6 Å². The van der Waals surface area contributed by atoms with E-state index in [4.69, 9.17) is 29.0 Å². The largest absolute Gasteiger partial charge is 0.322 e. The molecular formula is C22H20Cl2N4O2. The summed E-state index contributed by atoms with van der Waals surface area (Å²) in [6.45, 7) is -0.0207. The van der Waals surface area contributed by atoms with E-state index in [0.29, 0.717) is 26.9 Å². The predicted octanol–water partition coefficient (Wildman–Crippen LogP) is 3.91. The average molecular weight is 443 g/mol. The van der Waals surface area contributed by atoms with Crippen LogP contribution in [0.5, 0.6) is 0 Å². The lowest BCUT2D eigenvalue weighted by Crippen LogP contribution is -2.39. The highest BCUT2D eigenvalue weighted by atomic mass is 35.5. The summed E-state index contributed by atoms with van der Waals surface area (Å²) < 4.78 is 0. The minimum Gasteiger partial charge on any atom is -0.322 e. The fourth-order valence-corrected chi connectivity index (χ4v) is 3.29. The summed E-state index contributed by atoms with van der Waals surface area (Å²) in [4.78, 5) is 24.5. The minimum absolute atomic E-state index is 0.0207. The number of hydrogen-bond acceptors (Lipinski definition) is 4. The number of hydrazine groups is 1. The second-order valence-electron chi connectivity index (χ2n) is 6.48. The lowest BCUT2D eigenvalue weighted by molar-refractivity contribution is -0.120. The Bertz CT molecular complexity index is 1030. The molecular weight excluding hydrogens is 423 g/mol. The molecule has 8 heteroatoms. The first-order valence-corrected chi connectivity index (χ1v) is 9.87. The van der Waals surface area contributed by atoms with Gasteiger partial charge in [0.25, 0.3) is 5.91 Å². The van der Waals surface area contributed by atoms with Crippen LogP contribution in [0.2, 0.25) is 10.0 Å². The number of halogens is 2. The highest BCUT2D eigenvalue weighted by Crippen LogP contribution is 2.31. The van der Waals surface area contributed by atoms with Gasteiger partial charge in [-0.15, -0.1) is 0 Å². The third-order valence-electron chi connectivity index (χ3n) is 4.44. The molecule has 0 spiro atoms. The Morgan fingerprint density at radius 1 is 0.900 bits per heavy atom. The van der Waals surface area contributed by atoms with Crippen LogP contribution in [-0.2, 0) is 4.79 Å². The third kappa shape index (κ3) is 5.58. The normalized spacial score (nSPS) is 11.6. The van der Waals surface area contributed by atoms with E-state index in [9.17, 15) is 9.59 Å². The molecule has 3 rings (SSSR count). The van der Waals surface area contributed by atoms with Crippen LogP contribution >= 0.6 is 23.2 Å². The molecule has 0 aliphatic heterocycles. The van der Waals surface area contributed by atoms with Gasteiger partial charge in [0.1, 0.15) is 0 Å². The first kappa shape index (κ1) is 21.8. The van der Waals surface area contributed by atoms with Crippen LogP contribution in [0.15, 0.2) is 72.8 Å². The number of carbonyl (C=O) groups excluding carboxylic acids is 2. The molecule has 1 atom stereocenters. The molecule has 2 amide bonds. The summed E-state index contributed by atoms with van der Waals surface area (Å²) in [6, 6.07) is 20.9. The van der Waals surface area contributed by atoms with Gasteiger partial charge in [-0.1, -0.05) is 53.5 Å². The predicted molar refractivity (Wildman–Crippen MR) is 119 cm³/mol. The number of nitrogens with two attached hydrogens (primary N) is 1. The Balaban J connectivity index is 1.96. The quantitative estimate of drug-likeness (QED) is 0.253. The van der Waals surface area contributed by atoms with E-state index < -0.39 is 6.04 Å². The van der Waals surface area contributed by atoms with E-state index in [1.165, 1.54) is 0 Å². The first-order valence-electron chi connectivity index (χ1n) is 9.12. The maximum atomic E-state index is 12.7. The second-order valence-corrected chi connectivity index (χ2v) is 7.36. The summed E-state index contributed by atoms with van der Waals surface area (Å²) in [5.41, 5.74) is 4.73. The molecule has 0 unspecified atom stereocenters. The highest BCUT2D eigenvalue weighted by molar-refractivity contribution is 6.31. The molecule has 5 N–H and O–H groups in total. The molecule has 0 saturated heterocycles. The zero-order valence-corrected chi connectivity index (χ0v) is 17.4. The van der Waals surface area contributed by atoms with Gasteiger partial charge in [-0.25, -0.2) is 5.84 Å². The van der Waals surface area contributed by atoms with Crippen molar-refractivity contribution >= 4 is 40.7 Å². The monoisotopic (exact) mass is 442 g/mol. The molecule has 154 valence electrons. The maximum Gasteiger partial charge on any atom is 0.255 e. The third-order valence-corrected chi connectivity index (χ3v) is 4.93. The smallest absolute Gasteiger partial charge is 0.255 e. The fourth-order valence-electron chi connectivity index (χ4n) is 2.98. The Hall–Kier alpha value is -2.90. The van der Waals surface area contributed by atoms with Crippen molar-refractivity contribution in [1.82, 2.24) is 10.7 Å². The standard InChI is InChI=1S/C22H20Cl2N4O2/c23-16-8-6-15(7-9-16)22(30)27-19-11-10-17(24)12-18(19)21(26-13-20(29)28-25)14-4-2-1-3-5-14/h1-12,21,26H,13,25H2,(H,27,30)(H,28,29)/t21-/m1/s1. The molecule has 30 heavy (non-hydrogen) atoms. The lowest BCUT2D eigenvalue weighted by Gasteiger charge is -2.23. The van der Waals surface area contributed by atoms with Gasteiger partial charge in [0.15, 0.2) is 0 Å². The minimum atomic E-state index is -0.414. The van der Waals surface area contributed by atoms with Crippen molar-refractivity contribution in [2.45, 2.75) is 6.04 Å². The highest BCUT2D eigenvalue weighted by Gasteiger charge is 2.20. The van der Waals surface area contributed by atoms with Crippen LogP contribution in [0.1, 0.15) is 27.5 Å². The van der Waals surface area contributed by atoms with E-state index in [2.05, 4.69) is 16.1 Å². The Labute approximate surface area is 184 Å². The van der Waals surface area contributed by atoms with E-state index >= 15 is 0 Å². The van der Waals surface area contributed by atoms with Crippen LogP contribution in [0.25, 0.3) is 0 Å². The van der Waals surface area contributed by atoms with Gasteiger partial charge < -0.3 is 5.32 Å². The summed E-state index contributed by atoms with van der Waals surface area (Å²) >= 11 is 12.2. The molecule has 0 radical (unpaired) electrons. The van der Waals surface area contributed by atoms with Crippen molar-refractivity contribution < 1.29 is 9.59 Å². The van der Waals surface area contributed by atoms with Crippen LogP contribution in [0, 0.1) is 0 Å². The number of anilines is 1. The van der Waals surface area contributed by atoms with Gasteiger partial charge in [0.2, 0.25) is 5.91 Å². The van der Waals surface area contributed by atoms with Crippen molar-refractivity contribution in [2.75, 3.05) is 11.9 Å². The Morgan fingerprint density at radius 3 is 2.23 bits per heavy atom. The summed E-state index contributed by atoms with van der Waals surface area (Å²) in [6.07, 6.45) is 0. The summed E-state index contributed by atoms with van der Waals surface area (Å²) in [5, 5.41) is 7.14. The topological polar surface area (TPSA) is 96.2 Å². The molecule has 0 aliphatic carbocycles. The molecule has 0 fully saturated rings. The Morgan fingerprint density at radius 2 is 1.57 bits per heavy atom. The number of rotatable bonds is 7. The summed E-state index contributed by atoms with van der Waals surface area (Å²) in [7, 11) is 0. The first-order chi connectivity index (χ1) is 14.5. The molecule has 0 aliphatic rings. The van der Waals surface area contributed by atoms with Gasteiger partial charge in [-0.3, -0.25) is 20.3 Å². The van der Waals surface area contributed by atoms with Crippen LogP contribution in [0.3, 0.4) is 0 Å². The van der Waals surface area contributed by atoms with Gasteiger partial charge >= 0.3 is 0 Å². The van der Waals surface area contributed by atoms with E-state index in [-0.39, 0.29) is 18.4 Å². The van der Waals surface area contributed by atoms with Crippen LogP contribution in [-0.4, -0.2) is 18.4 Å². The van der Waals surface area contributed by atoms with Crippen molar-refractivity contribution in [3.63, 3.8) is 0 Å². The second kappa shape index (κ2) is 10.2. The zero-order valence-electron chi connectivity index (χ0n) is 15.9. The van der Waals surface area contributed by atoms with Crippen molar-refractivity contribution in [2.24, 2.45) is 5.84 Å². The van der Waals surface area contributed by atoms with Gasteiger partial charge in [-0.2, -0.15) is 0 Å². The molecule has 0 saturated carbocycles. The van der Waals surface area contributed by atoms with E-state index in [1.807, 2.05) is 30.3 Å². The molecule has 0 aromatic heterocycles. The molecule has 0 bridgehead atoms. The molecule has 6 nitrogen and oxygen atoms in total. The number of hydrogen-bond donors (Lipinski definition) is 4. The SMILES string of the molecule is NNC(=O)CN[C@H](c1ccccc1)c1cc(Cl)ccc1NC(=O)c1ccc(Cl)cc1. The van der Waals surface area contributed by atoms with Crippen LogP contribution < -0.4 is 21.9 Å². The van der Waals surface area contributed by atoms with E-state index in [0.717, 1.165) is 5.56 Å². The lowest BCUT2D eigenvalue weighted by atomic mass is 9.96. The summed E-state index contributed by atoms with van der Waals surface area (Å²) in [5.74, 6) is 4.54. The van der Waals surface area contributed by atoms with Crippen molar-refractivity contribution in [3.05, 3.63) is 99.5 Å². The molecule has 3 aromatic rings. The van der Waals surface area contributed by atoms with Crippen molar-refractivity contribution in [1.29, 1.82) is 0 Å². The molecule has 3 aromatic carbocycles. The van der Waals surface area contributed by atoms with Crippen LogP contribution in [0.4, 0.5) is 5.69 Å². The number of amides is 2. The number of carbonyl (C=O) groups is 2. The van der Waals surface area contributed by atoms with Gasteiger partial charge in [0.05, 0.1) is 12.6 Å². The van der Waals surface area contributed by atoms with Crippen molar-refractivity contribution in [3.8, 4) is 0 Å². The van der Waals surface area contributed by atoms with E-state index in [1.54, 1.807) is 42.5 Å². The fraction of sp³-hybridized carbons (Fsp3) is 0.0909. The molecule has 0 heterocycles. The number of benzene rings is 3. The Kier molecular flexibility index (Phi) is 7.43. The maximum absolute atomic E-state index is 12.7.